The highest BCUT2D eigenvalue weighted by Gasteiger charge is 2.19. The van der Waals surface area contributed by atoms with Crippen LogP contribution in [-0.4, -0.2) is 72.3 Å². The number of aliphatic imine (C=N–C) groups is 1. The molecule has 7 nitrogen and oxygen atoms in total. The first-order chi connectivity index (χ1) is 12.5. The molecule has 2 rings (SSSR count). The first kappa shape index (κ1) is 24.5. The summed E-state index contributed by atoms with van der Waals surface area (Å²) in [7, 11) is 3.94. The standard InChI is InChI=1S/C18H34N6OS.HI/c1-14(2)11-24-16(21-22-18(24)26-5)7-6-9-20-17(19-3)23(4)12-15-8-10-25-13-15;/h14-15H,6-13H2,1-5H3,(H,19,20);1H. The number of guanidine groups is 1. The smallest absolute Gasteiger partial charge is 0.193 e. The number of nitrogens with zero attached hydrogens (tertiary/aromatic N) is 5. The van der Waals surface area contributed by atoms with Gasteiger partial charge in [-0.1, -0.05) is 25.6 Å². The lowest BCUT2D eigenvalue weighted by molar-refractivity contribution is 0.181. The summed E-state index contributed by atoms with van der Waals surface area (Å²) in [4.78, 5) is 6.60. The minimum absolute atomic E-state index is 0. The number of aromatic nitrogens is 3. The Morgan fingerprint density at radius 3 is 2.81 bits per heavy atom. The second kappa shape index (κ2) is 12.8. The van der Waals surface area contributed by atoms with Gasteiger partial charge in [0, 0.05) is 52.7 Å². The molecular formula is C18H35IN6OS. The molecule has 0 spiro atoms. The predicted octanol–water partition coefficient (Wildman–Crippen LogP) is 2.75. The van der Waals surface area contributed by atoms with Crippen LogP contribution in [0.2, 0.25) is 0 Å². The van der Waals surface area contributed by atoms with E-state index in [9.17, 15) is 0 Å². The highest BCUT2D eigenvalue weighted by Crippen LogP contribution is 2.17. The molecule has 2 heterocycles. The highest BCUT2D eigenvalue weighted by molar-refractivity contribution is 14.0. The molecule has 1 aromatic rings. The summed E-state index contributed by atoms with van der Waals surface area (Å²) in [5, 5.41) is 13.2. The monoisotopic (exact) mass is 510 g/mol. The summed E-state index contributed by atoms with van der Waals surface area (Å²) in [5.41, 5.74) is 0. The van der Waals surface area contributed by atoms with Gasteiger partial charge in [0.15, 0.2) is 11.1 Å². The zero-order chi connectivity index (χ0) is 18.9. The van der Waals surface area contributed by atoms with Crippen LogP contribution in [-0.2, 0) is 17.7 Å². The Kier molecular flexibility index (Phi) is 11.6. The van der Waals surface area contributed by atoms with Crippen LogP contribution < -0.4 is 5.32 Å². The van der Waals surface area contributed by atoms with E-state index in [1.165, 1.54) is 0 Å². The topological polar surface area (TPSA) is 67.6 Å². The number of hydrogen-bond acceptors (Lipinski definition) is 5. The Labute approximate surface area is 185 Å². The van der Waals surface area contributed by atoms with Gasteiger partial charge < -0.3 is 19.5 Å². The van der Waals surface area contributed by atoms with Gasteiger partial charge in [-0.05, 0) is 25.0 Å². The SMILES string of the molecule is CN=C(NCCCc1nnc(SC)n1CC(C)C)N(C)CC1CCOC1.I. The van der Waals surface area contributed by atoms with Gasteiger partial charge in [-0.3, -0.25) is 4.99 Å². The molecule has 1 saturated heterocycles. The van der Waals surface area contributed by atoms with Crippen molar-refractivity contribution in [3.05, 3.63) is 5.82 Å². The van der Waals surface area contributed by atoms with Gasteiger partial charge in [-0.2, -0.15) is 0 Å². The second-order valence-corrected chi connectivity index (χ2v) is 8.07. The van der Waals surface area contributed by atoms with Crippen LogP contribution >= 0.6 is 35.7 Å². The average molecular weight is 510 g/mol. The van der Waals surface area contributed by atoms with Crippen molar-refractivity contribution in [1.82, 2.24) is 25.0 Å². The normalized spacial score (nSPS) is 17.3. The summed E-state index contributed by atoms with van der Waals surface area (Å²) in [6.45, 7) is 9.04. The molecule has 1 aliphatic rings. The molecule has 27 heavy (non-hydrogen) atoms. The van der Waals surface area contributed by atoms with Crippen molar-refractivity contribution in [2.45, 2.75) is 44.8 Å². The Morgan fingerprint density at radius 1 is 1.44 bits per heavy atom. The molecule has 1 aliphatic heterocycles. The molecule has 156 valence electrons. The summed E-state index contributed by atoms with van der Waals surface area (Å²) >= 11 is 1.66. The molecule has 1 N–H and O–H groups in total. The van der Waals surface area contributed by atoms with Crippen LogP contribution in [0.25, 0.3) is 0 Å². The Morgan fingerprint density at radius 2 is 2.22 bits per heavy atom. The molecular weight excluding hydrogens is 475 g/mol. The van der Waals surface area contributed by atoms with Crippen LogP contribution in [0.15, 0.2) is 10.1 Å². The fourth-order valence-electron chi connectivity index (χ4n) is 3.24. The number of aryl methyl sites for hydroxylation is 1. The summed E-state index contributed by atoms with van der Waals surface area (Å²) in [6, 6.07) is 0. The van der Waals surface area contributed by atoms with Crippen LogP contribution in [0.4, 0.5) is 0 Å². The lowest BCUT2D eigenvalue weighted by Crippen LogP contribution is -2.41. The number of halogens is 1. The van der Waals surface area contributed by atoms with Crippen molar-refractivity contribution < 1.29 is 4.74 Å². The molecule has 0 bridgehead atoms. The number of hydrogen-bond donors (Lipinski definition) is 1. The molecule has 0 radical (unpaired) electrons. The van der Waals surface area contributed by atoms with Crippen molar-refractivity contribution in [1.29, 1.82) is 0 Å². The third-order valence-electron chi connectivity index (χ3n) is 4.51. The first-order valence-corrected chi connectivity index (χ1v) is 10.7. The summed E-state index contributed by atoms with van der Waals surface area (Å²) in [6.07, 6.45) is 5.13. The van der Waals surface area contributed by atoms with Crippen LogP contribution in [0, 0.1) is 11.8 Å². The minimum Gasteiger partial charge on any atom is -0.381 e. The van der Waals surface area contributed by atoms with Gasteiger partial charge >= 0.3 is 0 Å². The van der Waals surface area contributed by atoms with Crippen molar-refractivity contribution in [3.63, 3.8) is 0 Å². The zero-order valence-corrected chi connectivity index (χ0v) is 20.4. The second-order valence-electron chi connectivity index (χ2n) is 7.30. The highest BCUT2D eigenvalue weighted by atomic mass is 127. The van der Waals surface area contributed by atoms with Crippen LogP contribution in [0.3, 0.4) is 0 Å². The van der Waals surface area contributed by atoms with E-state index in [1.807, 2.05) is 7.05 Å². The largest absolute Gasteiger partial charge is 0.381 e. The van der Waals surface area contributed by atoms with Gasteiger partial charge in [0.05, 0.1) is 6.61 Å². The van der Waals surface area contributed by atoms with E-state index in [0.717, 1.165) is 69.1 Å². The molecule has 1 atom stereocenters. The summed E-state index contributed by atoms with van der Waals surface area (Å²) in [5.74, 6) is 3.22. The average Bonchev–Trinajstić information content (AvgIpc) is 3.24. The zero-order valence-electron chi connectivity index (χ0n) is 17.3. The number of ether oxygens (including phenoxy) is 1. The molecule has 0 amide bonds. The molecule has 0 aliphatic carbocycles. The van der Waals surface area contributed by atoms with Gasteiger partial charge in [-0.25, -0.2) is 0 Å². The van der Waals surface area contributed by atoms with E-state index in [1.54, 1.807) is 11.8 Å². The van der Waals surface area contributed by atoms with E-state index in [2.05, 4.69) is 57.1 Å². The van der Waals surface area contributed by atoms with Gasteiger partial charge in [-0.15, -0.1) is 34.2 Å². The third-order valence-corrected chi connectivity index (χ3v) is 5.18. The summed E-state index contributed by atoms with van der Waals surface area (Å²) < 4.78 is 7.73. The number of nitrogens with one attached hydrogen (secondary N) is 1. The van der Waals surface area contributed by atoms with Gasteiger partial charge in [0.1, 0.15) is 5.82 Å². The fourth-order valence-corrected chi connectivity index (χ4v) is 3.76. The van der Waals surface area contributed by atoms with Crippen LogP contribution in [0.1, 0.15) is 32.5 Å². The van der Waals surface area contributed by atoms with Gasteiger partial charge in [0.25, 0.3) is 0 Å². The van der Waals surface area contributed by atoms with Crippen molar-refractivity contribution in [2.24, 2.45) is 16.8 Å². The predicted molar refractivity (Wildman–Crippen MR) is 123 cm³/mol. The number of rotatable bonds is 9. The van der Waals surface area contributed by atoms with Crippen molar-refractivity contribution in [3.8, 4) is 0 Å². The lowest BCUT2D eigenvalue weighted by Gasteiger charge is -2.24. The number of thioether (sulfide) groups is 1. The maximum absolute atomic E-state index is 5.46. The van der Waals surface area contributed by atoms with E-state index >= 15 is 0 Å². The first-order valence-electron chi connectivity index (χ1n) is 9.50. The Bertz CT molecular complexity index is 574. The molecule has 1 fully saturated rings. The maximum atomic E-state index is 5.46. The Balaban J connectivity index is 0.00000364. The third kappa shape index (κ3) is 7.77. The molecule has 1 unspecified atom stereocenters. The quantitative estimate of drug-likeness (QED) is 0.181. The molecule has 1 aromatic heterocycles. The molecule has 0 aromatic carbocycles. The minimum atomic E-state index is 0. The van der Waals surface area contributed by atoms with E-state index < -0.39 is 0 Å². The maximum Gasteiger partial charge on any atom is 0.193 e. The Hall–Kier alpha value is -0.550. The lowest BCUT2D eigenvalue weighted by atomic mass is 10.1. The van der Waals surface area contributed by atoms with Crippen molar-refractivity contribution >= 4 is 41.7 Å². The van der Waals surface area contributed by atoms with E-state index in [-0.39, 0.29) is 24.0 Å². The molecule has 0 saturated carbocycles. The van der Waals surface area contributed by atoms with E-state index in [0.29, 0.717) is 11.8 Å². The van der Waals surface area contributed by atoms with Gasteiger partial charge in [0.2, 0.25) is 0 Å². The van der Waals surface area contributed by atoms with E-state index in [4.69, 9.17) is 4.74 Å². The van der Waals surface area contributed by atoms with Crippen LogP contribution in [0.5, 0.6) is 0 Å². The molecule has 9 heteroatoms. The fraction of sp³-hybridized carbons (Fsp3) is 0.833. The van der Waals surface area contributed by atoms with Crippen molar-refractivity contribution in [2.75, 3.05) is 46.7 Å².